The van der Waals surface area contributed by atoms with Gasteiger partial charge < -0.3 is 9.47 Å². The molecule has 2 aromatic carbocycles. The summed E-state index contributed by atoms with van der Waals surface area (Å²) in [6.07, 6.45) is 2.22. The van der Waals surface area contributed by atoms with Gasteiger partial charge in [-0.2, -0.15) is 5.10 Å². The van der Waals surface area contributed by atoms with Crippen molar-refractivity contribution in [2.24, 2.45) is 5.10 Å². The van der Waals surface area contributed by atoms with Gasteiger partial charge in [0.2, 0.25) is 0 Å². The standard InChI is InChI=1S/C20H24N4O3/c1-13-4-7-15(8-5-13)16-11-17(23-22-16)20(25)24-21-12-14-6-9-18(26-2)19(10-14)27-3/h4-10,12,16-17,22-23H,11H2,1-3H3,(H,24,25)/b21-12+. The Morgan fingerprint density at radius 1 is 1.11 bits per heavy atom. The number of benzene rings is 2. The van der Waals surface area contributed by atoms with Crippen LogP contribution in [0.25, 0.3) is 0 Å². The minimum atomic E-state index is -0.348. The Morgan fingerprint density at radius 2 is 1.85 bits per heavy atom. The molecule has 0 radical (unpaired) electrons. The van der Waals surface area contributed by atoms with E-state index in [2.05, 4.69) is 52.6 Å². The third-order valence-corrected chi connectivity index (χ3v) is 4.50. The number of rotatable bonds is 6. The number of carbonyl (C=O) groups is 1. The number of aryl methyl sites for hydroxylation is 1. The molecule has 2 aromatic rings. The molecule has 7 heteroatoms. The number of hydrazine groups is 1. The van der Waals surface area contributed by atoms with Gasteiger partial charge in [-0.25, -0.2) is 16.3 Å². The van der Waals surface area contributed by atoms with E-state index >= 15 is 0 Å². The zero-order valence-corrected chi connectivity index (χ0v) is 15.7. The van der Waals surface area contributed by atoms with Crippen LogP contribution in [0, 0.1) is 6.92 Å². The van der Waals surface area contributed by atoms with Crippen LogP contribution < -0.4 is 25.8 Å². The summed E-state index contributed by atoms with van der Waals surface area (Å²) in [5, 5.41) is 4.04. The van der Waals surface area contributed by atoms with Crippen LogP contribution in [0.1, 0.15) is 29.2 Å². The van der Waals surface area contributed by atoms with Crippen molar-refractivity contribution < 1.29 is 14.3 Å². The van der Waals surface area contributed by atoms with Gasteiger partial charge in [-0.15, -0.1) is 0 Å². The summed E-state index contributed by atoms with van der Waals surface area (Å²) in [7, 11) is 3.15. The maximum absolute atomic E-state index is 12.3. The van der Waals surface area contributed by atoms with Gasteiger partial charge in [0.1, 0.15) is 6.04 Å². The predicted octanol–water partition coefficient (Wildman–Crippen LogP) is 2.07. The molecular weight excluding hydrogens is 344 g/mol. The molecule has 1 saturated heterocycles. The lowest BCUT2D eigenvalue weighted by Gasteiger charge is -2.09. The number of hydrogen-bond acceptors (Lipinski definition) is 6. The van der Waals surface area contributed by atoms with Crippen LogP contribution in [-0.2, 0) is 4.79 Å². The molecule has 0 aliphatic carbocycles. The monoisotopic (exact) mass is 368 g/mol. The molecule has 0 bridgehead atoms. The number of nitrogens with one attached hydrogen (secondary N) is 3. The SMILES string of the molecule is COc1ccc(/C=N/NC(=O)C2CC(c3ccc(C)cc3)NN2)cc1OC. The van der Waals surface area contributed by atoms with E-state index < -0.39 is 0 Å². The van der Waals surface area contributed by atoms with E-state index in [1.54, 1.807) is 32.6 Å². The average Bonchev–Trinajstić information content (AvgIpc) is 3.18. The predicted molar refractivity (Wildman–Crippen MR) is 104 cm³/mol. The zero-order chi connectivity index (χ0) is 19.2. The molecule has 0 aromatic heterocycles. The Balaban J connectivity index is 1.55. The Labute approximate surface area is 158 Å². The van der Waals surface area contributed by atoms with Crippen LogP contribution in [0.15, 0.2) is 47.6 Å². The maximum atomic E-state index is 12.3. The smallest absolute Gasteiger partial charge is 0.258 e. The quantitative estimate of drug-likeness (QED) is 0.537. The minimum Gasteiger partial charge on any atom is -0.493 e. The summed E-state index contributed by atoms with van der Waals surface area (Å²) in [6.45, 7) is 2.05. The zero-order valence-electron chi connectivity index (χ0n) is 15.7. The summed E-state index contributed by atoms with van der Waals surface area (Å²) in [4.78, 5) is 12.3. The van der Waals surface area contributed by atoms with Crippen LogP contribution in [0.4, 0.5) is 0 Å². The average molecular weight is 368 g/mol. The van der Waals surface area contributed by atoms with E-state index in [1.807, 2.05) is 6.07 Å². The molecule has 2 unspecified atom stereocenters. The van der Waals surface area contributed by atoms with Crippen LogP contribution in [0.2, 0.25) is 0 Å². The number of carbonyl (C=O) groups excluding carboxylic acids is 1. The molecule has 27 heavy (non-hydrogen) atoms. The number of ether oxygens (including phenoxy) is 2. The molecule has 3 rings (SSSR count). The lowest BCUT2D eigenvalue weighted by molar-refractivity contribution is -0.122. The first kappa shape index (κ1) is 18.9. The van der Waals surface area contributed by atoms with E-state index in [0.717, 1.165) is 11.1 Å². The Hall–Kier alpha value is -2.90. The molecular formula is C20H24N4O3. The van der Waals surface area contributed by atoms with Crippen LogP contribution >= 0.6 is 0 Å². The summed E-state index contributed by atoms with van der Waals surface area (Å²) in [5.74, 6) is 1.06. The second-order valence-corrected chi connectivity index (χ2v) is 6.39. The van der Waals surface area contributed by atoms with Crippen LogP contribution in [0.5, 0.6) is 11.5 Å². The minimum absolute atomic E-state index is 0.0937. The van der Waals surface area contributed by atoms with Crippen LogP contribution in [-0.4, -0.2) is 32.4 Å². The van der Waals surface area contributed by atoms with E-state index in [1.165, 1.54) is 5.56 Å². The maximum Gasteiger partial charge on any atom is 0.258 e. The van der Waals surface area contributed by atoms with Crippen molar-refractivity contribution in [3.8, 4) is 11.5 Å². The molecule has 7 nitrogen and oxygen atoms in total. The third-order valence-electron chi connectivity index (χ3n) is 4.50. The first-order valence-electron chi connectivity index (χ1n) is 8.73. The van der Waals surface area contributed by atoms with Gasteiger partial charge in [0.15, 0.2) is 11.5 Å². The van der Waals surface area contributed by atoms with Crippen molar-refractivity contribution >= 4 is 12.1 Å². The fourth-order valence-electron chi connectivity index (χ4n) is 2.93. The highest BCUT2D eigenvalue weighted by molar-refractivity contribution is 5.85. The Kier molecular flexibility index (Phi) is 6.05. The van der Waals surface area contributed by atoms with E-state index in [4.69, 9.17) is 9.47 Å². The van der Waals surface area contributed by atoms with E-state index in [0.29, 0.717) is 17.9 Å². The number of nitrogens with zero attached hydrogens (tertiary/aromatic N) is 1. The van der Waals surface area contributed by atoms with Gasteiger partial charge in [-0.3, -0.25) is 4.79 Å². The van der Waals surface area contributed by atoms with Crippen LogP contribution in [0.3, 0.4) is 0 Å². The van der Waals surface area contributed by atoms with Gasteiger partial charge in [0.25, 0.3) is 5.91 Å². The molecule has 1 amide bonds. The number of hydrazone groups is 1. The third kappa shape index (κ3) is 4.64. The molecule has 1 aliphatic heterocycles. The van der Waals surface area contributed by atoms with Crippen molar-refractivity contribution in [3.05, 3.63) is 59.2 Å². The second kappa shape index (κ2) is 8.66. The number of hydrogen-bond donors (Lipinski definition) is 3. The molecule has 142 valence electrons. The first-order chi connectivity index (χ1) is 13.1. The van der Waals surface area contributed by atoms with Crippen molar-refractivity contribution in [2.45, 2.75) is 25.4 Å². The largest absolute Gasteiger partial charge is 0.493 e. The second-order valence-electron chi connectivity index (χ2n) is 6.39. The normalized spacial score (nSPS) is 19.2. The topological polar surface area (TPSA) is 84.0 Å². The highest BCUT2D eigenvalue weighted by Crippen LogP contribution is 2.27. The van der Waals surface area contributed by atoms with Crippen molar-refractivity contribution in [1.29, 1.82) is 0 Å². The highest BCUT2D eigenvalue weighted by atomic mass is 16.5. The van der Waals surface area contributed by atoms with Gasteiger partial charge in [0, 0.05) is 6.04 Å². The van der Waals surface area contributed by atoms with Gasteiger partial charge in [-0.1, -0.05) is 29.8 Å². The highest BCUT2D eigenvalue weighted by Gasteiger charge is 2.29. The fraction of sp³-hybridized carbons (Fsp3) is 0.300. The molecule has 2 atom stereocenters. The molecule has 3 N–H and O–H groups in total. The summed E-state index contributed by atoms with van der Waals surface area (Å²) in [6, 6.07) is 13.4. The van der Waals surface area contributed by atoms with Crippen molar-refractivity contribution in [1.82, 2.24) is 16.3 Å². The molecule has 1 heterocycles. The van der Waals surface area contributed by atoms with E-state index in [-0.39, 0.29) is 18.0 Å². The van der Waals surface area contributed by atoms with Crippen molar-refractivity contribution in [3.63, 3.8) is 0 Å². The van der Waals surface area contributed by atoms with E-state index in [9.17, 15) is 4.79 Å². The Bertz CT molecular complexity index is 820. The van der Waals surface area contributed by atoms with Gasteiger partial charge >= 0.3 is 0 Å². The van der Waals surface area contributed by atoms with Crippen molar-refractivity contribution in [2.75, 3.05) is 14.2 Å². The summed E-state index contributed by atoms with van der Waals surface area (Å²) >= 11 is 0. The summed E-state index contributed by atoms with van der Waals surface area (Å²) in [5.41, 5.74) is 11.9. The molecule has 1 fully saturated rings. The molecule has 1 aliphatic rings. The number of methoxy groups -OCH3 is 2. The fourth-order valence-corrected chi connectivity index (χ4v) is 2.93. The lowest BCUT2D eigenvalue weighted by Crippen LogP contribution is -2.41. The molecule has 0 saturated carbocycles. The lowest BCUT2D eigenvalue weighted by atomic mass is 10.0. The number of amides is 1. The van der Waals surface area contributed by atoms with Gasteiger partial charge in [0.05, 0.1) is 20.4 Å². The molecule has 0 spiro atoms. The summed E-state index contributed by atoms with van der Waals surface area (Å²) < 4.78 is 10.5. The Morgan fingerprint density at radius 3 is 2.56 bits per heavy atom. The first-order valence-corrected chi connectivity index (χ1v) is 8.73. The van der Waals surface area contributed by atoms with Gasteiger partial charge in [-0.05, 0) is 42.7 Å².